The molecule has 4 rings (SSSR count). The number of hydrogen-bond donors (Lipinski definition) is 0. The maximum absolute atomic E-state index is 13.0. The van der Waals surface area contributed by atoms with Crippen molar-refractivity contribution in [3.05, 3.63) is 75.6 Å². The Bertz CT molecular complexity index is 1290. The predicted octanol–water partition coefficient (Wildman–Crippen LogP) is 2.56. The lowest BCUT2D eigenvalue weighted by atomic mass is 10.1. The Morgan fingerprint density at radius 1 is 0.933 bits per heavy atom. The number of piperazine rings is 1. The molecule has 1 aliphatic heterocycles. The molecule has 0 unspecified atom stereocenters. The molecular weight excluding hydrogens is 404 g/mol. The molecule has 7 nitrogen and oxygen atoms in total. The third-order valence-electron chi connectivity index (χ3n) is 5.49. The smallest absolute Gasteiger partial charge is 0.289 e. The van der Waals surface area contributed by atoms with Crippen molar-refractivity contribution < 1.29 is 17.6 Å². The number of carbonyl (C=O) groups excluding carboxylic acids is 1. The van der Waals surface area contributed by atoms with Crippen molar-refractivity contribution in [2.45, 2.75) is 18.7 Å². The maximum atomic E-state index is 13.0. The Hall–Kier alpha value is -2.97. The molecule has 1 aromatic heterocycles. The molecule has 2 heterocycles. The highest BCUT2D eigenvalue weighted by molar-refractivity contribution is 7.89. The molecule has 8 heteroatoms. The molecule has 30 heavy (non-hydrogen) atoms. The summed E-state index contributed by atoms with van der Waals surface area (Å²) in [5, 5.41) is 0.415. The van der Waals surface area contributed by atoms with Gasteiger partial charge in [0, 0.05) is 32.2 Å². The molecule has 2 aromatic carbocycles. The summed E-state index contributed by atoms with van der Waals surface area (Å²) in [6, 6.07) is 13.0. The molecule has 1 aliphatic rings. The van der Waals surface area contributed by atoms with E-state index in [1.165, 1.54) is 15.3 Å². The molecule has 0 N–H and O–H groups in total. The molecule has 0 saturated carbocycles. The number of carbonyl (C=O) groups is 1. The summed E-state index contributed by atoms with van der Waals surface area (Å²) in [7, 11) is -3.63. The number of sulfonamides is 1. The first-order valence-electron chi connectivity index (χ1n) is 9.67. The second-order valence-electron chi connectivity index (χ2n) is 7.41. The van der Waals surface area contributed by atoms with Crippen molar-refractivity contribution >= 4 is 26.9 Å². The van der Waals surface area contributed by atoms with E-state index in [0.717, 1.165) is 11.1 Å². The van der Waals surface area contributed by atoms with Gasteiger partial charge in [-0.15, -0.1) is 0 Å². The van der Waals surface area contributed by atoms with Crippen LogP contribution in [-0.4, -0.2) is 49.7 Å². The van der Waals surface area contributed by atoms with Crippen LogP contribution in [-0.2, 0) is 10.0 Å². The largest absolute Gasteiger partial charge is 0.451 e. The van der Waals surface area contributed by atoms with E-state index in [-0.39, 0.29) is 42.3 Å². The Kier molecular flexibility index (Phi) is 5.21. The van der Waals surface area contributed by atoms with Crippen LogP contribution in [0.15, 0.2) is 62.6 Å². The predicted molar refractivity (Wildman–Crippen MR) is 113 cm³/mol. The third kappa shape index (κ3) is 3.64. The van der Waals surface area contributed by atoms with Gasteiger partial charge in [0.25, 0.3) is 5.91 Å². The first kappa shape index (κ1) is 20.3. The van der Waals surface area contributed by atoms with Crippen LogP contribution >= 0.6 is 0 Å². The fraction of sp³-hybridized carbons (Fsp3) is 0.273. The van der Waals surface area contributed by atoms with Crippen molar-refractivity contribution in [2.75, 3.05) is 26.2 Å². The Morgan fingerprint density at radius 3 is 2.33 bits per heavy atom. The van der Waals surface area contributed by atoms with Crippen LogP contribution < -0.4 is 5.43 Å². The number of rotatable bonds is 3. The van der Waals surface area contributed by atoms with Crippen LogP contribution in [0.25, 0.3) is 11.0 Å². The Morgan fingerprint density at radius 2 is 1.63 bits per heavy atom. The number of para-hydroxylation sites is 1. The second-order valence-corrected chi connectivity index (χ2v) is 9.35. The van der Waals surface area contributed by atoms with Gasteiger partial charge in [0.05, 0.1) is 10.3 Å². The molecular formula is C22H22N2O5S. The Labute approximate surface area is 174 Å². The summed E-state index contributed by atoms with van der Waals surface area (Å²) in [6.45, 7) is 4.61. The van der Waals surface area contributed by atoms with Gasteiger partial charge in [0.15, 0.2) is 11.2 Å². The molecule has 0 radical (unpaired) electrons. The minimum absolute atomic E-state index is 0.0378. The van der Waals surface area contributed by atoms with Crippen LogP contribution in [0.5, 0.6) is 0 Å². The van der Waals surface area contributed by atoms with Gasteiger partial charge in [-0.05, 0) is 49.2 Å². The van der Waals surface area contributed by atoms with E-state index in [1.54, 1.807) is 42.5 Å². The fourth-order valence-electron chi connectivity index (χ4n) is 3.52. The first-order valence-corrected chi connectivity index (χ1v) is 11.1. The van der Waals surface area contributed by atoms with Gasteiger partial charge in [0.1, 0.15) is 5.58 Å². The van der Waals surface area contributed by atoms with Gasteiger partial charge in [-0.25, -0.2) is 8.42 Å². The average molecular weight is 426 g/mol. The van der Waals surface area contributed by atoms with Gasteiger partial charge in [0.2, 0.25) is 10.0 Å². The molecule has 1 saturated heterocycles. The molecule has 1 amide bonds. The van der Waals surface area contributed by atoms with Crippen LogP contribution in [0.4, 0.5) is 0 Å². The molecule has 0 spiro atoms. The van der Waals surface area contributed by atoms with Crippen LogP contribution in [0.3, 0.4) is 0 Å². The normalized spacial score (nSPS) is 15.5. The molecule has 156 valence electrons. The second kappa shape index (κ2) is 7.70. The molecule has 0 bridgehead atoms. The van der Waals surface area contributed by atoms with E-state index in [4.69, 9.17) is 4.42 Å². The summed E-state index contributed by atoms with van der Waals surface area (Å²) < 4.78 is 32.9. The number of aryl methyl sites for hydroxylation is 2. The maximum Gasteiger partial charge on any atom is 0.289 e. The van der Waals surface area contributed by atoms with Crippen LogP contribution in [0, 0.1) is 13.8 Å². The van der Waals surface area contributed by atoms with E-state index in [1.807, 2.05) is 13.8 Å². The molecule has 0 aliphatic carbocycles. The average Bonchev–Trinajstić information content (AvgIpc) is 2.75. The van der Waals surface area contributed by atoms with E-state index < -0.39 is 15.9 Å². The number of fused-ring (bicyclic) bond motifs is 1. The standard InChI is InChI=1S/C22H22N2O5S/c1-15-7-8-17(13-16(15)2)30(27,28)24-11-9-23(10-12-24)22(26)21-14-19(25)18-5-3-4-6-20(18)29-21/h3-8,13-14H,9-12H2,1-2H3. The lowest BCUT2D eigenvalue weighted by Crippen LogP contribution is -2.50. The van der Waals surface area contributed by atoms with Crippen molar-refractivity contribution in [1.82, 2.24) is 9.21 Å². The topological polar surface area (TPSA) is 87.9 Å². The molecule has 3 aromatic rings. The van der Waals surface area contributed by atoms with Crippen molar-refractivity contribution in [2.24, 2.45) is 0 Å². The van der Waals surface area contributed by atoms with E-state index in [2.05, 4.69) is 0 Å². The first-order chi connectivity index (χ1) is 14.3. The van der Waals surface area contributed by atoms with Gasteiger partial charge >= 0.3 is 0 Å². The van der Waals surface area contributed by atoms with Gasteiger partial charge in [-0.1, -0.05) is 18.2 Å². The summed E-state index contributed by atoms with van der Waals surface area (Å²) in [5.41, 5.74) is 2.01. The lowest BCUT2D eigenvalue weighted by Gasteiger charge is -2.33. The number of amides is 1. The SMILES string of the molecule is Cc1ccc(S(=O)(=O)N2CCN(C(=O)c3cc(=O)c4ccccc4o3)CC2)cc1C. The summed E-state index contributed by atoms with van der Waals surface area (Å²) in [6.07, 6.45) is 0. The highest BCUT2D eigenvalue weighted by Crippen LogP contribution is 2.21. The van der Waals surface area contributed by atoms with Crippen molar-refractivity contribution in [3.63, 3.8) is 0 Å². The minimum Gasteiger partial charge on any atom is -0.451 e. The van der Waals surface area contributed by atoms with Crippen LogP contribution in [0.2, 0.25) is 0 Å². The zero-order valence-corrected chi connectivity index (χ0v) is 17.6. The fourth-order valence-corrected chi connectivity index (χ4v) is 5.03. The number of nitrogens with zero attached hydrogens (tertiary/aromatic N) is 2. The zero-order chi connectivity index (χ0) is 21.5. The van der Waals surface area contributed by atoms with Crippen molar-refractivity contribution in [3.8, 4) is 0 Å². The van der Waals surface area contributed by atoms with Gasteiger partial charge in [-0.3, -0.25) is 9.59 Å². The Balaban J connectivity index is 1.51. The number of benzene rings is 2. The van der Waals surface area contributed by atoms with E-state index >= 15 is 0 Å². The van der Waals surface area contributed by atoms with Gasteiger partial charge < -0.3 is 9.32 Å². The summed E-state index contributed by atoms with van der Waals surface area (Å²) >= 11 is 0. The minimum atomic E-state index is -3.63. The van der Waals surface area contributed by atoms with Crippen molar-refractivity contribution in [1.29, 1.82) is 0 Å². The van der Waals surface area contributed by atoms with E-state index in [0.29, 0.717) is 11.0 Å². The number of hydrogen-bond acceptors (Lipinski definition) is 5. The van der Waals surface area contributed by atoms with E-state index in [9.17, 15) is 18.0 Å². The highest BCUT2D eigenvalue weighted by atomic mass is 32.2. The quantitative estimate of drug-likeness (QED) is 0.642. The zero-order valence-electron chi connectivity index (χ0n) is 16.8. The van der Waals surface area contributed by atoms with Crippen LogP contribution in [0.1, 0.15) is 21.7 Å². The third-order valence-corrected chi connectivity index (χ3v) is 7.38. The molecule has 0 atom stereocenters. The van der Waals surface area contributed by atoms with Gasteiger partial charge in [-0.2, -0.15) is 4.31 Å². The monoisotopic (exact) mass is 426 g/mol. The molecule has 1 fully saturated rings. The highest BCUT2D eigenvalue weighted by Gasteiger charge is 2.31. The lowest BCUT2D eigenvalue weighted by molar-refractivity contribution is 0.0666. The summed E-state index contributed by atoms with van der Waals surface area (Å²) in [4.78, 5) is 26.9. The summed E-state index contributed by atoms with van der Waals surface area (Å²) in [5.74, 6) is -0.453.